The third-order valence-corrected chi connectivity index (χ3v) is 5.59. The van der Waals surface area contributed by atoms with Crippen molar-refractivity contribution in [1.29, 1.82) is 0 Å². The summed E-state index contributed by atoms with van der Waals surface area (Å²) in [6, 6.07) is 9.94. The number of rotatable bonds is 10. The topological polar surface area (TPSA) is 101 Å². The van der Waals surface area contributed by atoms with Crippen LogP contribution in [0.15, 0.2) is 41.5 Å². The lowest BCUT2D eigenvalue weighted by Crippen LogP contribution is -2.48. The molecule has 1 aliphatic heterocycles. The molecule has 34 heavy (non-hydrogen) atoms. The molecule has 0 saturated heterocycles. The maximum atomic E-state index is 12.8. The first kappa shape index (κ1) is 24.9. The van der Waals surface area contributed by atoms with Crippen LogP contribution in [-0.4, -0.2) is 51.1 Å². The summed E-state index contributed by atoms with van der Waals surface area (Å²) < 4.78 is 16.1. The summed E-state index contributed by atoms with van der Waals surface area (Å²) in [5, 5.41) is 6.87. The lowest BCUT2D eigenvalue weighted by atomic mass is 10.0. The molecule has 1 heterocycles. The minimum absolute atomic E-state index is 0.123. The highest BCUT2D eigenvalue weighted by atomic mass is 16.7. The van der Waals surface area contributed by atoms with Gasteiger partial charge in [0.15, 0.2) is 11.5 Å². The van der Waals surface area contributed by atoms with Gasteiger partial charge in [-0.15, -0.1) is 0 Å². The van der Waals surface area contributed by atoms with Crippen molar-refractivity contribution >= 4 is 23.7 Å². The third-order valence-electron chi connectivity index (χ3n) is 5.59. The lowest BCUT2D eigenvalue weighted by molar-refractivity contribution is -0.123. The van der Waals surface area contributed by atoms with Gasteiger partial charge in [-0.1, -0.05) is 13.8 Å². The van der Waals surface area contributed by atoms with Crippen molar-refractivity contribution < 1.29 is 23.8 Å². The van der Waals surface area contributed by atoms with Crippen LogP contribution in [0, 0.1) is 5.92 Å². The highest BCUT2D eigenvalue weighted by Crippen LogP contribution is 2.32. The van der Waals surface area contributed by atoms with E-state index in [0.29, 0.717) is 22.8 Å². The Morgan fingerprint density at radius 1 is 1.12 bits per heavy atom. The van der Waals surface area contributed by atoms with Crippen LogP contribution in [0.5, 0.6) is 17.2 Å². The fourth-order valence-electron chi connectivity index (χ4n) is 3.62. The summed E-state index contributed by atoms with van der Waals surface area (Å²) in [5.74, 6) is 0.784. The first-order valence-corrected chi connectivity index (χ1v) is 11.3. The van der Waals surface area contributed by atoms with Crippen LogP contribution in [0.25, 0.3) is 0 Å². The number of anilines is 1. The van der Waals surface area contributed by atoms with Gasteiger partial charge in [0.25, 0.3) is 11.8 Å². The van der Waals surface area contributed by atoms with Crippen molar-refractivity contribution in [1.82, 2.24) is 10.7 Å². The lowest BCUT2D eigenvalue weighted by Gasteiger charge is -2.22. The minimum atomic E-state index is -0.776. The average Bonchev–Trinajstić information content (AvgIpc) is 3.31. The van der Waals surface area contributed by atoms with Crippen molar-refractivity contribution in [2.24, 2.45) is 11.0 Å². The van der Waals surface area contributed by atoms with Gasteiger partial charge in [0.2, 0.25) is 6.79 Å². The van der Waals surface area contributed by atoms with Crippen molar-refractivity contribution in [3.05, 3.63) is 47.5 Å². The number of carbonyl (C=O) groups is 2. The molecule has 0 saturated carbocycles. The maximum absolute atomic E-state index is 12.8. The SMILES string of the molecule is CCN(CC)c1ccc(C=NNC(=O)C(NC(=O)c2ccc3c(c2)OCO3)C(C)C)c(OC)c1. The quantitative estimate of drug-likeness (QED) is 0.410. The molecule has 3 rings (SSSR count). The van der Waals surface area contributed by atoms with Crippen LogP contribution < -0.4 is 29.9 Å². The van der Waals surface area contributed by atoms with E-state index in [-0.39, 0.29) is 18.6 Å². The molecule has 0 aliphatic carbocycles. The second-order valence-electron chi connectivity index (χ2n) is 8.10. The summed E-state index contributed by atoms with van der Waals surface area (Å²) in [6.45, 7) is 9.79. The number of nitrogens with one attached hydrogen (secondary N) is 2. The van der Waals surface area contributed by atoms with Gasteiger partial charge in [-0.3, -0.25) is 9.59 Å². The molecule has 0 aromatic heterocycles. The zero-order valence-electron chi connectivity index (χ0n) is 20.3. The normalized spacial score (nSPS) is 13.1. The standard InChI is InChI=1S/C25H32N4O5/c1-6-29(7-2)19-10-8-18(21(13-19)32-5)14-26-28-25(31)23(16(3)4)27-24(30)17-9-11-20-22(12-17)34-15-33-20/h8-14,16,23H,6-7,15H2,1-5H3,(H,27,30)(H,28,31). The van der Waals surface area contributed by atoms with Gasteiger partial charge >= 0.3 is 0 Å². The van der Waals surface area contributed by atoms with Crippen LogP contribution >= 0.6 is 0 Å². The molecule has 2 aromatic carbocycles. The second kappa shape index (κ2) is 11.4. The number of fused-ring (bicyclic) bond motifs is 1. The van der Waals surface area contributed by atoms with Crippen LogP contribution in [0.2, 0.25) is 0 Å². The molecule has 1 aliphatic rings. The Labute approximate surface area is 200 Å². The number of carbonyl (C=O) groups excluding carboxylic acids is 2. The van der Waals surface area contributed by atoms with Gasteiger partial charge in [-0.2, -0.15) is 5.10 Å². The summed E-state index contributed by atoms with van der Waals surface area (Å²) in [4.78, 5) is 27.7. The number of methoxy groups -OCH3 is 1. The number of amides is 2. The van der Waals surface area contributed by atoms with Gasteiger partial charge in [0.1, 0.15) is 11.8 Å². The van der Waals surface area contributed by atoms with E-state index in [1.54, 1.807) is 25.3 Å². The minimum Gasteiger partial charge on any atom is -0.496 e. The number of ether oxygens (including phenoxy) is 3. The fraction of sp³-hybridized carbons (Fsp3) is 0.400. The maximum Gasteiger partial charge on any atom is 0.262 e. The van der Waals surface area contributed by atoms with Crippen LogP contribution in [0.1, 0.15) is 43.6 Å². The predicted molar refractivity (Wildman–Crippen MR) is 131 cm³/mol. The molecule has 1 atom stereocenters. The Morgan fingerprint density at radius 2 is 1.85 bits per heavy atom. The number of hydrazone groups is 1. The first-order chi connectivity index (χ1) is 16.4. The molecular weight excluding hydrogens is 436 g/mol. The molecule has 0 radical (unpaired) electrons. The first-order valence-electron chi connectivity index (χ1n) is 11.3. The summed E-state index contributed by atoms with van der Waals surface area (Å²) in [5.41, 5.74) is 4.68. The summed E-state index contributed by atoms with van der Waals surface area (Å²) >= 11 is 0. The van der Waals surface area contributed by atoms with Crippen molar-refractivity contribution in [3.63, 3.8) is 0 Å². The zero-order valence-corrected chi connectivity index (χ0v) is 20.3. The Hall–Kier alpha value is -3.75. The van der Waals surface area contributed by atoms with E-state index < -0.39 is 11.9 Å². The Kier molecular flexibility index (Phi) is 8.34. The third kappa shape index (κ3) is 5.78. The van der Waals surface area contributed by atoms with Crippen LogP contribution in [0.3, 0.4) is 0 Å². The van der Waals surface area contributed by atoms with Gasteiger partial charge in [0, 0.05) is 36.0 Å². The van der Waals surface area contributed by atoms with E-state index in [4.69, 9.17) is 14.2 Å². The van der Waals surface area contributed by atoms with Crippen LogP contribution in [0.4, 0.5) is 5.69 Å². The Bertz CT molecular complexity index is 1050. The number of nitrogens with zero attached hydrogens (tertiary/aromatic N) is 2. The largest absolute Gasteiger partial charge is 0.496 e. The molecule has 0 spiro atoms. The Morgan fingerprint density at radius 3 is 2.53 bits per heavy atom. The predicted octanol–water partition coefficient (Wildman–Crippen LogP) is 3.17. The molecule has 9 nitrogen and oxygen atoms in total. The van der Waals surface area contributed by atoms with E-state index in [1.807, 2.05) is 32.0 Å². The molecule has 182 valence electrons. The number of benzene rings is 2. The molecular formula is C25H32N4O5. The van der Waals surface area contributed by atoms with Crippen molar-refractivity contribution in [3.8, 4) is 17.2 Å². The van der Waals surface area contributed by atoms with Crippen molar-refractivity contribution in [2.75, 3.05) is 31.9 Å². The molecule has 1 unspecified atom stereocenters. The van der Waals surface area contributed by atoms with Gasteiger partial charge < -0.3 is 24.4 Å². The Balaban J connectivity index is 1.66. The highest BCUT2D eigenvalue weighted by molar-refractivity contribution is 5.98. The second-order valence-corrected chi connectivity index (χ2v) is 8.10. The fourth-order valence-corrected chi connectivity index (χ4v) is 3.62. The van der Waals surface area contributed by atoms with Crippen LogP contribution in [-0.2, 0) is 4.79 Å². The molecule has 0 bridgehead atoms. The van der Waals surface area contributed by atoms with Crippen molar-refractivity contribution in [2.45, 2.75) is 33.7 Å². The summed E-state index contributed by atoms with van der Waals surface area (Å²) in [6.07, 6.45) is 1.53. The smallest absolute Gasteiger partial charge is 0.262 e. The average molecular weight is 469 g/mol. The van der Waals surface area contributed by atoms with E-state index in [1.165, 1.54) is 6.21 Å². The molecule has 2 amide bonds. The molecule has 0 fully saturated rings. The monoisotopic (exact) mass is 468 g/mol. The highest BCUT2D eigenvalue weighted by Gasteiger charge is 2.25. The zero-order chi connectivity index (χ0) is 24.7. The molecule has 9 heteroatoms. The van der Waals surface area contributed by atoms with Gasteiger partial charge in [-0.05, 0) is 50.1 Å². The molecule has 2 aromatic rings. The summed E-state index contributed by atoms with van der Waals surface area (Å²) in [7, 11) is 1.59. The van der Waals surface area contributed by atoms with E-state index >= 15 is 0 Å². The number of hydrogen-bond donors (Lipinski definition) is 2. The van der Waals surface area contributed by atoms with Gasteiger partial charge in [-0.25, -0.2) is 5.43 Å². The van der Waals surface area contributed by atoms with E-state index in [0.717, 1.165) is 24.3 Å². The van der Waals surface area contributed by atoms with Gasteiger partial charge in [0.05, 0.1) is 13.3 Å². The van der Waals surface area contributed by atoms with E-state index in [2.05, 4.69) is 34.6 Å². The number of hydrogen-bond acceptors (Lipinski definition) is 7. The molecule has 2 N–H and O–H groups in total. The van der Waals surface area contributed by atoms with E-state index in [9.17, 15) is 9.59 Å².